The third-order valence-electron chi connectivity index (χ3n) is 2.59. The fraction of sp³-hybridized carbons (Fsp3) is 0. The van der Waals surface area contributed by atoms with Gasteiger partial charge in [0.05, 0.1) is 5.69 Å². The van der Waals surface area contributed by atoms with Gasteiger partial charge >= 0.3 is 0 Å². The first-order chi connectivity index (χ1) is 7.84. The smallest absolute Gasteiger partial charge is 0.137 e. The summed E-state index contributed by atoms with van der Waals surface area (Å²) in [5, 5.41) is 9.26. The molecule has 0 amide bonds. The molecule has 2 aromatic heterocycles. The van der Waals surface area contributed by atoms with E-state index in [2.05, 4.69) is 4.98 Å². The Kier molecular flexibility index (Phi) is 1.90. The maximum atomic E-state index is 9.26. The lowest BCUT2D eigenvalue weighted by Gasteiger charge is -2.05. The number of aromatic hydroxyl groups is 1. The summed E-state index contributed by atoms with van der Waals surface area (Å²) >= 11 is 0. The number of phenolic OH excluding ortho intramolecular Hbond substituents is 1. The number of benzene rings is 1. The summed E-state index contributed by atoms with van der Waals surface area (Å²) in [6.07, 6.45) is 3.71. The molecule has 2 heterocycles. The number of nitrogens with zero attached hydrogens (tertiary/aromatic N) is 2. The van der Waals surface area contributed by atoms with Gasteiger partial charge in [-0.1, -0.05) is 6.07 Å². The van der Waals surface area contributed by atoms with Gasteiger partial charge in [0.15, 0.2) is 0 Å². The SMILES string of the molecule is Oc1ccc(-c2cccc3nccn23)cc1. The minimum atomic E-state index is 0.279. The highest BCUT2D eigenvalue weighted by Crippen LogP contribution is 2.22. The monoisotopic (exact) mass is 210 g/mol. The Morgan fingerprint density at radius 2 is 1.81 bits per heavy atom. The van der Waals surface area contributed by atoms with E-state index < -0.39 is 0 Å². The highest BCUT2D eigenvalue weighted by atomic mass is 16.3. The van der Waals surface area contributed by atoms with Gasteiger partial charge in [0, 0.05) is 12.4 Å². The third kappa shape index (κ3) is 1.34. The molecule has 0 saturated heterocycles. The summed E-state index contributed by atoms with van der Waals surface area (Å²) in [5.41, 5.74) is 3.04. The lowest BCUT2D eigenvalue weighted by Crippen LogP contribution is -1.89. The van der Waals surface area contributed by atoms with Crippen molar-refractivity contribution >= 4 is 5.65 Å². The van der Waals surface area contributed by atoms with E-state index in [1.807, 2.05) is 40.9 Å². The topological polar surface area (TPSA) is 37.5 Å². The molecule has 0 saturated carbocycles. The number of aromatic nitrogens is 2. The number of imidazole rings is 1. The molecule has 0 aliphatic heterocycles. The van der Waals surface area contributed by atoms with Crippen molar-refractivity contribution in [1.29, 1.82) is 0 Å². The van der Waals surface area contributed by atoms with Gasteiger partial charge < -0.3 is 5.11 Å². The fourth-order valence-corrected chi connectivity index (χ4v) is 1.82. The molecule has 0 fully saturated rings. The maximum absolute atomic E-state index is 9.26. The molecule has 0 unspecified atom stereocenters. The second-order valence-corrected chi connectivity index (χ2v) is 3.61. The van der Waals surface area contributed by atoms with E-state index in [1.54, 1.807) is 18.3 Å². The minimum Gasteiger partial charge on any atom is -0.508 e. The van der Waals surface area contributed by atoms with Gasteiger partial charge in [-0.2, -0.15) is 0 Å². The van der Waals surface area contributed by atoms with E-state index in [1.165, 1.54) is 0 Å². The molecule has 0 aliphatic rings. The Morgan fingerprint density at radius 3 is 2.62 bits per heavy atom. The van der Waals surface area contributed by atoms with E-state index in [0.717, 1.165) is 16.9 Å². The van der Waals surface area contributed by atoms with E-state index >= 15 is 0 Å². The first-order valence-corrected chi connectivity index (χ1v) is 5.06. The number of phenols is 1. The Labute approximate surface area is 92.6 Å². The van der Waals surface area contributed by atoms with Crippen molar-refractivity contribution in [3.8, 4) is 17.0 Å². The van der Waals surface area contributed by atoms with Crippen molar-refractivity contribution in [2.24, 2.45) is 0 Å². The van der Waals surface area contributed by atoms with Crippen molar-refractivity contribution in [2.75, 3.05) is 0 Å². The van der Waals surface area contributed by atoms with Gasteiger partial charge in [0.1, 0.15) is 11.4 Å². The lowest BCUT2D eigenvalue weighted by molar-refractivity contribution is 0.475. The zero-order valence-electron chi connectivity index (χ0n) is 8.54. The van der Waals surface area contributed by atoms with Crippen LogP contribution in [0, 0.1) is 0 Å². The second-order valence-electron chi connectivity index (χ2n) is 3.61. The van der Waals surface area contributed by atoms with Gasteiger partial charge in [0.25, 0.3) is 0 Å². The molecule has 0 bridgehead atoms. The molecule has 3 nitrogen and oxygen atoms in total. The maximum Gasteiger partial charge on any atom is 0.137 e. The molecule has 0 atom stereocenters. The van der Waals surface area contributed by atoms with E-state index in [-0.39, 0.29) is 5.75 Å². The Bertz CT molecular complexity index is 626. The highest BCUT2D eigenvalue weighted by molar-refractivity contribution is 5.64. The summed E-state index contributed by atoms with van der Waals surface area (Å²) in [6, 6.07) is 13.1. The van der Waals surface area contributed by atoms with E-state index in [0.29, 0.717) is 0 Å². The largest absolute Gasteiger partial charge is 0.508 e. The van der Waals surface area contributed by atoms with Crippen LogP contribution < -0.4 is 0 Å². The Morgan fingerprint density at radius 1 is 1.00 bits per heavy atom. The van der Waals surface area contributed by atoms with Gasteiger partial charge in [-0.3, -0.25) is 4.40 Å². The van der Waals surface area contributed by atoms with Crippen molar-refractivity contribution < 1.29 is 5.11 Å². The predicted molar refractivity (Wildman–Crippen MR) is 62.3 cm³/mol. The molecule has 0 spiro atoms. The average Bonchev–Trinajstić information content (AvgIpc) is 2.78. The lowest BCUT2D eigenvalue weighted by atomic mass is 10.1. The third-order valence-corrected chi connectivity index (χ3v) is 2.59. The molecule has 3 rings (SSSR count). The van der Waals surface area contributed by atoms with Crippen LogP contribution in [0.4, 0.5) is 0 Å². The van der Waals surface area contributed by atoms with Crippen LogP contribution in [0.3, 0.4) is 0 Å². The molecule has 3 heteroatoms. The Hall–Kier alpha value is -2.29. The van der Waals surface area contributed by atoms with E-state index in [4.69, 9.17) is 0 Å². The summed E-state index contributed by atoms with van der Waals surface area (Å²) in [4.78, 5) is 4.24. The summed E-state index contributed by atoms with van der Waals surface area (Å²) in [5.74, 6) is 0.279. The molecule has 3 aromatic rings. The average molecular weight is 210 g/mol. The van der Waals surface area contributed by atoms with Gasteiger partial charge in [0.2, 0.25) is 0 Å². The van der Waals surface area contributed by atoms with Crippen LogP contribution >= 0.6 is 0 Å². The standard InChI is InChI=1S/C13H10N2O/c16-11-6-4-10(5-7-11)12-2-1-3-13-14-8-9-15(12)13/h1-9,16H. The summed E-state index contributed by atoms with van der Waals surface area (Å²) < 4.78 is 2.02. The number of pyridine rings is 1. The van der Waals surface area contributed by atoms with Crippen molar-refractivity contribution in [3.05, 3.63) is 54.9 Å². The molecule has 0 aliphatic carbocycles. The summed E-state index contributed by atoms with van der Waals surface area (Å²) in [6.45, 7) is 0. The second kappa shape index (κ2) is 3.38. The van der Waals surface area contributed by atoms with Crippen LogP contribution in [0.25, 0.3) is 16.9 Å². The van der Waals surface area contributed by atoms with Gasteiger partial charge in [-0.25, -0.2) is 4.98 Å². The molecule has 16 heavy (non-hydrogen) atoms. The minimum absolute atomic E-state index is 0.279. The number of rotatable bonds is 1. The Balaban J connectivity index is 2.25. The normalized spacial score (nSPS) is 10.8. The van der Waals surface area contributed by atoms with Crippen molar-refractivity contribution in [3.63, 3.8) is 0 Å². The van der Waals surface area contributed by atoms with Crippen molar-refractivity contribution in [1.82, 2.24) is 9.38 Å². The first kappa shape index (κ1) is 8.97. The zero-order chi connectivity index (χ0) is 11.0. The predicted octanol–water partition coefficient (Wildman–Crippen LogP) is 2.71. The van der Waals surface area contributed by atoms with Crippen LogP contribution in [0.5, 0.6) is 5.75 Å². The zero-order valence-corrected chi connectivity index (χ0v) is 8.54. The molecule has 1 N–H and O–H groups in total. The first-order valence-electron chi connectivity index (χ1n) is 5.06. The van der Waals surface area contributed by atoms with Crippen LogP contribution in [-0.2, 0) is 0 Å². The van der Waals surface area contributed by atoms with Crippen LogP contribution in [0.1, 0.15) is 0 Å². The van der Waals surface area contributed by atoms with Crippen LogP contribution in [0.15, 0.2) is 54.9 Å². The molecular weight excluding hydrogens is 200 g/mol. The molecule has 1 aromatic carbocycles. The fourth-order valence-electron chi connectivity index (χ4n) is 1.82. The number of hydrogen-bond donors (Lipinski definition) is 1. The number of hydrogen-bond acceptors (Lipinski definition) is 2. The van der Waals surface area contributed by atoms with Gasteiger partial charge in [-0.15, -0.1) is 0 Å². The van der Waals surface area contributed by atoms with Crippen LogP contribution in [0.2, 0.25) is 0 Å². The quantitative estimate of drug-likeness (QED) is 0.670. The molecule has 78 valence electrons. The van der Waals surface area contributed by atoms with Crippen molar-refractivity contribution in [2.45, 2.75) is 0 Å². The summed E-state index contributed by atoms with van der Waals surface area (Å²) in [7, 11) is 0. The van der Waals surface area contributed by atoms with Crippen LogP contribution in [-0.4, -0.2) is 14.5 Å². The van der Waals surface area contributed by atoms with E-state index in [9.17, 15) is 5.11 Å². The highest BCUT2D eigenvalue weighted by Gasteiger charge is 2.02. The molecule has 0 radical (unpaired) electrons. The molecular formula is C13H10N2O. The van der Waals surface area contributed by atoms with Gasteiger partial charge in [-0.05, 0) is 42.0 Å². The number of fused-ring (bicyclic) bond motifs is 1.